The average molecular weight is 460 g/mol. The van der Waals surface area contributed by atoms with Crippen LogP contribution in [0, 0.1) is 6.92 Å². The normalized spacial score (nSPS) is 16.1. The standard InChI is InChI=1S/C25H29N7O2/c1-5-15-34-23-20(6-2)17-26-25(29-23)30-12-9-19(4)31(14-13-30)24(33)21-16-18(3)7-8-22(21)32-27-10-11-28-32/h5-8,10-11,16-17,19H,1-2,9,12-15H2,3-4H3/t19-/m1/s1. The topological polar surface area (TPSA) is 89.3 Å². The SMILES string of the molecule is C=CCOc1nc(N2CC[C@@H](C)N(C(=O)c3cc(C)ccc3-n3nccn3)CC2)ncc1C=C. The highest BCUT2D eigenvalue weighted by Crippen LogP contribution is 2.24. The zero-order valence-corrected chi connectivity index (χ0v) is 19.6. The largest absolute Gasteiger partial charge is 0.473 e. The molecule has 1 fully saturated rings. The van der Waals surface area contributed by atoms with Gasteiger partial charge in [-0.25, -0.2) is 4.98 Å². The molecule has 3 aromatic rings. The van der Waals surface area contributed by atoms with Gasteiger partial charge in [-0.3, -0.25) is 4.79 Å². The molecule has 34 heavy (non-hydrogen) atoms. The number of anilines is 1. The van der Waals surface area contributed by atoms with E-state index in [-0.39, 0.29) is 11.9 Å². The van der Waals surface area contributed by atoms with Gasteiger partial charge in [-0.15, -0.1) is 0 Å². The summed E-state index contributed by atoms with van der Waals surface area (Å²) in [4.78, 5) is 28.3. The molecule has 0 aliphatic carbocycles. The predicted octanol–water partition coefficient (Wildman–Crippen LogP) is 3.31. The van der Waals surface area contributed by atoms with Crippen molar-refractivity contribution in [3.05, 3.63) is 72.7 Å². The van der Waals surface area contributed by atoms with Crippen molar-refractivity contribution in [2.45, 2.75) is 26.3 Å². The highest BCUT2D eigenvalue weighted by atomic mass is 16.5. The fourth-order valence-corrected chi connectivity index (χ4v) is 3.96. The van der Waals surface area contributed by atoms with Gasteiger partial charge < -0.3 is 14.5 Å². The first kappa shape index (κ1) is 23.2. The number of hydrogen-bond acceptors (Lipinski definition) is 7. The number of aryl methyl sites for hydroxylation is 1. The van der Waals surface area contributed by atoms with E-state index in [9.17, 15) is 4.79 Å². The minimum absolute atomic E-state index is 0.0386. The third-order valence-electron chi connectivity index (χ3n) is 5.85. The van der Waals surface area contributed by atoms with Gasteiger partial charge >= 0.3 is 0 Å². The Balaban J connectivity index is 1.57. The van der Waals surface area contributed by atoms with Crippen molar-refractivity contribution in [2.24, 2.45) is 0 Å². The highest BCUT2D eigenvalue weighted by Gasteiger charge is 2.29. The fourth-order valence-electron chi connectivity index (χ4n) is 3.96. The number of carbonyl (C=O) groups excluding carboxylic acids is 1. The van der Waals surface area contributed by atoms with Crippen molar-refractivity contribution in [1.29, 1.82) is 0 Å². The molecule has 4 rings (SSSR count). The quantitative estimate of drug-likeness (QED) is 0.501. The molecular formula is C25H29N7O2. The maximum Gasteiger partial charge on any atom is 0.256 e. The van der Waals surface area contributed by atoms with Gasteiger partial charge in [-0.1, -0.05) is 36.9 Å². The van der Waals surface area contributed by atoms with Crippen LogP contribution < -0.4 is 9.64 Å². The molecule has 0 spiro atoms. The predicted molar refractivity (Wildman–Crippen MR) is 131 cm³/mol. The number of ether oxygens (including phenoxy) is 1. The number of benzene rings is 1. The molecule has 2 aromatic heterocycles. The summed E-state index contributed by atoms with van der Waals surface area (Å²) < 4.78 is 5.69. The van der Waals surface area contributed by atoms with Gasteiger partial charge in [0.2, 0.25) is 11.8 Å². The van der Waals surface area contributed by atoms with Crippen molar-refractivity contribution < 1.29 is 9.53 Å². The minimum Gasteiger partial charge on any atom is -0.473 e. The Kier molecular flexibility index (Phi) is 7.01. The van der Waals surface area contributed by atoms with Gasteiger partial charge in [-0.2, -0.15) is 20.0 Å². The van der Waals surface area contributed by atoms with Gasteiger partial charge in [0.1, 0.15) is 6.61 Å². The summed E-state index contributed by atoms with van der Waals surface area (Å²) >= 11 is 0. The second kappa shape index (κ2) is 10.3. The van der Waals surface area contributed by atoms with E-state index in [0.717, 1.165) is 24.1 Å². The molecule has 0 N–H and O–H groups in total. The van der Waals surface area contributed by atoms with Crippen LogP contribution >= 0.6 is 0 Å². The summed E-state index contributed by atoms with van der Waals surface area (Å²) in [6.45, 7) is 13.7. The van der Waals surface area contributed by atoms with Crippen LogP contribution in [-0.4, -0.2) is 68.1 Å². The maximum absolute atomic E-state index is 13.7. The lowest BCUT2D eigenvalue weighted by Gasteiger charge is -2.27. The number of nitrogens with zero attached hydrogens (tertiary/aromatic N) is 7. The van der Waals surface area contributed by atoms with Crippen LogP contribution in [0.4, 0.5) is 5.95 Å². The Morgan fingerprint density at radius 1 is 1.21 bits per heavy atom. The first-order chi connectivity index (χ1) is 16.5. The summed E-state index contributed by atoms with van der Waals surface area (Å²) in [7, 11) is 0. The summed E-state index contributed by atoms with van der Waals surface area (Å²) in [5.74, 6) is 1.01. The molecule has 1 aliphatic heterocycles. The molecule has 1 amide bonds. The second-order valence-electron chi connectivity index (χ2n) is 8.20. The zero-order chi connectivity index (χ0) is 24.1. The third-order valence-corrected chi connectivity index (χ3v) is 5.85. The van der Waals surface area contributed by atoms with Crippen LogP contribution in [0.2, 0.25) is 0 Å². The lowest BCUT2D eigenvalue weighted by atomic mass is 10.1. The number of rotatable bonds is 7. The molecule has 3 heterocycles. The molecule has 176 valence electrons. The van der Waals surface area contributed by atoms with Gasteiger partial charge in [0, 0.05) is 31.9 Å². The van der Waals surface area contributed by atoms with Gasteiger partial charge in [-0.05, 0) is 32.4 Å². The molecule has 9 nitrogen and oxygen atoms in total. The van der Waals surface area contributed by atoms with E-state index in [0.29, 0.717) is 42.8 Å². The molecule has 1 aromatic carbocycles. The van der Waals surface area contributed by atoms with Crippen LogP contribution in [0.5, 0.6) is 5.88 Å². The minimum atomic E-state index is -0.0386. The zero-order valence-electron chi connectivity index (χ0n) is 19.6. The molecular weight excluding hydrogens is 430 g/mol. The molecule has 0 saturated carbocycles. The van der Waals surface area contributed by atoms with Crippen LogP contribution in [0.1, 0.15) is 34.8 Å². The Labute approximate surface area is 199 Å². The second-order valence-corrected chi connectivity index (χ2v) is 8.20. The van der Waals surface area contributed by atoms with E-state index in [4.69, 9.17) is 4.74 Å². The summed E-state index contributed by atoms with van der Waals surface area (Å²) in [5, 5.41) is 8.44. The molecule has 1 atom stereocenters. The highest BCUT2D eigenvalue weighted by molar-refractivity contribution is 5.98. The van der Waals surface area contributed by atoms with Crippen LogP contribution in [0.3, 0.4) is 0 Å². The van der Waals surface area contributed by atoms with Crippen molar-refractivity contribution in [1.82, 2.24) is 29.9 Å². The number of aromatic nitrogens is 5. The number of amides is 1. The average Bonchev–Trinajstić information content (AvgIpc) is 3.31. The lowest BCUT2D eigenvalue weighted by Crippen LogP contribution is -2.40. The Bertz CT molecular complexity index is 1180. The molecule has 0 bridgehead atoms. The molecule has 0 radical (unpaired) electrons. The fraction of sp³-hybridized carbons (Fsp3) is 0.320. The van der Waals surface area contributed by atoms with Gasteiger partial charge in [0.05, 0.1) is 29.2 Å². The third kappa shape index (κ3) is 4.83. The summed E-state index contributed by atoms with van der Waals surface area (Å²) in [6.07, 6.45) is 9.03. The van der Waals surface area contributed by atoms with Crippen LogP contribution in [-0.2, 0) is 0 Å². The van der Waals surface area contributed by atoms with Gasteiger partial charge in [0.15, 0.2) is 0 Å². The van der Waals surface area contributed by atoms with E-state index >= 15 is 0 Å². The van der Waals surface area contributed by atoms with E-state index in [1.54, 1.807) is 30.7 Å². The van der Waals surface area contributed by atoms with Crippen LogP contribution in [0.15, 0.2) is 56.0 Å². The molecule has 9 heteroatoms. The van der Waals surface area contributed by atoms with E-state index in [1.165, 1.54) is 4.80 Å². The van der Waals surface area contributed by atoms with Crippen molar-refractivity contribution in [3.8, 4) is 11.6 Å². The Morgan fingerprint density at radius 3 is 2.74 bits per heavy atom. The monoisotopic (exact) mass is 459 g/mol. The maximum atomic E-state index is 13.7. The molecule has 1 aliphatic rings. The van der Waals surface area contributed by atoms with Crippen molar-refractivity contribution in [3.63, 3.8) is 0 Å². The lowest BCUT2D eigenvalue weighted by molar-refractivity contribution is 0.0704. The molecule has 1 saturated heterocycles. The van der Waals surface area contributed by atoms with E-state index in [1.807, 2.05) is 30.0 Å². The first-order valence-corrected chi connectivity index (χ1v) is 11.3. The summed E-state index contributed by atoms with van der Waals surface area (Å²) in [6, 6.07) is 5.79. The first-order valence-electron chi connectivity index (χ1n) is 11.3. The van der Waals surface area contributed by atoms with E-state index < -0.39 is 0 Å². The van der Waals surface area contributed by atoms with Crippen LogP contribution in [0.25, 0.3) is 11.8 Å². The van der Waals surface area contributed by atoms with Crippen molar-refractivity contribution in [2.75, 3.05) is 31.1 Å². The Morgan fingerprint density at radius 2 is 2.00 bits per heavy atom. The Hall–Kier alpha value is -4.01. The smallest absolute Gasteiger partial charge is 0.256 e. The van der Waals surface area contributed by atoms with Gasteiger partial charge in [0.25, 0.3) is 5.91 Å². The van der Waals surface area contributed by atoms with Crippen molar-refractivity contribution >= 4 is 17.9 Å². The molecule has 0 unspecified atom stereocenters. The summed E-state index contributed by atoms with van der Waals surface area (Å²) in [5.41, 5.74) is 2.99. The van der Waals surface area contributed by atoms with E-state index in [2.05, 4.69) is 45.1 Å². The number of carbonyl (C=O) groups is 1. The number of hydrogen-bond donors (Lipinski definition) is 0.